The van der Waals surface area contributed by atoms with Crippen molar-refractivity contribution in [3.8, 4) is 0 Å². The van der Waals surface area contributed by atoms with E-state index in [2.05, 4.69) is 0 Å². The summed E-state index contributed by atoms with van der Waals surface area (Å²) in [5.74, 6) is 8.04. The van der Waals surface area contributed by atoms with Crippen LogP contribution >= 0.6 is 11.8 Å². The van der Waals surface area contributed by atoms with E-state index in [1.54, 1.807) is 0 Å². The van der Waals surface area contributed by atoms with Crippen LogP contribution in [0.15, 0.2) is 0 Å². The Kier molecular flexibility index (Phi) is 2.66. The number of hydrogen-bond donors (Lipinski definition) is 1. The summed E-state index contributed by atoms with van der Waals surface area (Å²) in [4.78, 5) is 0. The highest BCUT2D eigenvalue weighted by Crippen LogP contribution is 2.06. The highest BCUT2D eigenvalue weighted by Gasteiger charge is 2.02. The van der Waals surface area contributed by atoms with Gasteiger partial charge < -0.3 is 0 Å². The van der Waals surface area contributed by atoms with Crippen LogP contribution in [0, 0.1) is 0 Å². The van der Waals surface area contributed by atoms with Crippen LogP contribution in [0.3, 0.4) is 0 Å². The predicted octanol–water partition coefficient (Wildman–Crippen LogP) is 0.299. The van der Waals surface area contributed by atoms with E-state index in [0.29, 0.717) is 0 Å². The van der Waals surface area contributed by atoms with Crippen molar-refractivity contribution in [3.05, 3.63) is 0 Å². The molecule has 0 aromatic rings. The van der Waals surface area contributed by atoms with E-state index in [0.717, 1.165) is 13.1 Å². The molecule has 1 heterocycles. The van der Waals surface area contributed by atoms with Crippen LogP contribution in [0.5, 0.6) is 0 Å². The Morgan fingerprint density at radius 2 is 2.12 bits per heavy atom. The van der Waals surface area contributed by atoms with Crippen molar-refractivity contribution in [2.24, 2.45) is 5.84 Å². The van der Waals surface area contributed by atoms with Crippen LogP contribution in [0.1, 0.15) is 6.42 Å². The molecule has 2 nitrogen and oxygen atoms in total. The second-order valence-corrected chi connectivity index (χ2v) is 3.23. The molecule has 0 amide bonds. The van der Waals surface area contributed by atoms with Crippen molar-refractivity contribution in [1.82, 2.24) is 5.01 Å². The fraction of sp³-hybridized carbons (Fsp3) is 1.00. The van der Waals surface area contributed by atoms with Gasteiger partial charge in [0.05, 0.1) is 0 Å². The van der Waals surface area contributed by atoms with Crippen LogP contribution in [0.25, 0.3) is 0 Å². The van der Waals surface area contributed by atoms with Gasteiger partial charge >= 0.3 is 0 Å². The number of nitrogens with zero attached hydrogens (tertiary/aromatic N) is 1. The smallest absolute Gasteiger partial charge is 0.0219 e. The summed E-state index contributed by atoms with van der Waals surface area (Å²) in [7, 11) is 0. The third kappa shape index (κ3) is 2.03. The average molecular weight is 132 g/mol. The van der Waals surface area contributed by atoms with Crippen LogP contribution in [0.4, 0.5) is 0 Å². The second kappa shape index (κ2) is 3.33. The minimum Gasteiger partial charge on any atom is -0.269 e. The fourth-order valence-corrected chi connectivity index (χ4v) is 1.67. The molecular formula is C5H12N2S. The topological polar surface area (TPSA) is 29.3 Å². The molecule has 3 heteroatoms. The monoisotopic (exact) mass is 132 g/mol. The molecule has 0 radical (unpaired) electrons. The summed E-state index contributed by atoms with van der Waals surface area (Å²) in [5, 5.41) is 1.90. The first-order valence-electron chi connectivity index (χ1n) is 2.97. The number of hydrogen-bond acceptors (Lipinski definition) is 3. The maximum absolute atomic E-state index is 5.55. The lowest BCUT2D eigenvalue weighted by Gasteiger charge is -2.09. The normalized spacial score (nSPS) is 25.1. The SMILES string of the molecule is NN1CCCSCC1. The Bertz CT molecular complexity index is 59.4. The standard InChI is InChI=1S/C5H12N2S/c6-7-2-1-4-8-5-3-7/h1-6H2. The van der Waals surface area contributed by atoms with E-state index in [9.17, 15) is 0 Å². The Morgan fingerprint density at radius 3 is 3.00 bits per heavy atom. The van der Waals surface area contributed by atoms with E-state index < -0.39 is 0 Å². The first-order chi connectivity index (χ1) is 3.89. The summed E-state index contributed by atoms with van der Waals surface area (Å²) < 4.78 is 0. The van der Waals surface area contributed by atoms with Crippen molar-refractivity contribution >= 4 is 11.8 Å². The number of rotatable bonds is 0. The van der Waals surface area contributed by atoms with E-state index in [4.69, 9.17) is 5.84 Å². The zero-order valence-electron chi connectivity index (χ0n) is 4.97. The van der Waals surface area contributed by atoms with E-state index >= 15 is 0 Å². The number of nitrogens with two attached hydrogens (primary N) is 1. The van der Waals surface area contributed by atoms with Crippen LogP contribution in [-0.2, 0) is 0 Å². The third-order valence-electron chi connectivity index (χ3n) is 1.26. The van der Waals surface area contributed by atoms with Crippen molar-refractivity contribution < 1.29 is 0 Å². The van der Waals surface area contributed by atoms with Gasteiger partial charge in [-0.1, -0.05) is 0 Å². The van der Waals surface area contributed by atoms with Crippen molar-refractivity contribution in [3.63, 3.8) is 0 Å². The maximum Gasteiger partial charge on any atom is 0.0219 e. The molecule has 0 saturated carbocycles. The zero-order chi connectivity index (χ0) is 5.82. The number of thioether (sulfide) groups is 1. The largest absolute Gasteiger partial charge is 0.269 e. The summed E-state index contributed by atoms with van der Waals surface area (Å²) in [6.45, 7) is 2.14. The van der Waals surface area contributed by atoms with Crippen LogP contribution in [-0.4, -0.2) is 29.6 Å². The van der Waals surface area contributed by atoms with Gasteiger partial charge in [-0.15, -0.1) is 0 Å². The maximum atomic E-state index is 5.55. The lowest BCUT2D eigenvalue weighted by Crippen LogP contribution is -2.32. The fourth-order valence-electron chi connectivity index (χ4n) is 0.765. The minimum atomic E-state index is 1.06. The Hall–Kier alpha value is 0.270. The summed E-state index contributed by atoms with van der Waals surface area (Å²) in [6.07, 6.45) is 1.25. The first kappa shape index (κ1) is 6.39. The highest BCUT2D eigenvalue weighted by molar-refractivity contribution is 7.99. The van der Waals surface area contributed by atoms with Gasteiger partial charge in [0.25, 0.3) is 0 Å². The third-order valence-corrected chi connectivity index (χ3v) is 2.31. The molecule has 1 rings (SSSR count). The quantitative estimate of drug-likeness (QED) is 0.481. The summed E-state index contributed by atoms with van der Waals surface area (Å²) in [5.41, 5.74) is 0. The molecule has 0 bridgehead atoms. The Balaban J connectivity index is 2.17. The Morgan fingerprint density at radius 1 is 1.25 bits per heavy atom. The van der Waals surface area contributed by atoms with Gasteiger partial charge in [-0.2, -0.15) is 11.8 Å². The lowest BCUT2D eigenvalue weighted by atomic mass is 10.5. The van der Waals surface area contributed by atoms with Crippen molar-refractivity contribution in [2.45, 2.75) is 6.42 Å². The molecule has 1 aliphatic heterocycles. The number of hydrazine groups is 1. The van der Waals surface area contributed by atoms with Crippen molar-refractivity contribution in [2.75, 3.05) is 24.6 Å². The van der Waals surface area contributed by atoms with E-state index in [1.165, 1.54) is 17.9 Å². The minimum absolute atomic E-state index is 1.06. The van der Waals surface area contributed by atoms with Gasteiger partial charge in [-0.3, -0.25) is 5.84 Å². The molecule has 48 valence electrons. The summed E-state index contributed by atoms with van der Waals surface area (Å²) >= 11 is 2.00. The molecular weight excluding hydrogens is 120 g/mol. The molecule has 0 atom stereocenters. The molecule has 2 N–H and O–H groups in total. The lowest BCUT2D eigenvalue weighted by molar-refractivity contribution is 0.307. The molecule has 1 fully saturated rings. The molecule has 0 unspecified atom stereocenters. The molecule has 0 aromatic carbocycles. The van der Waals surface area contributed by atoms with Crippen LogP contribution < -0.4 is 5.84 Å². The Labute approximate surface area is 54.4 Å². The van der Waals surface area contributed by atoms with E-state index in [-0.39, 0.29) is 0 Å². The van der Waals surface area contributed by atoms with Crippen molar-refractivity contribution in [1.29, 1.82) is 0 Å². The molecule has 1 saturated heterocycles. The zero-order valence-corrected chi connectivity index (χ0v) is 5.78. The van der Waals surface area contributed by atoms with Gasteiger partial charge in [-0.05, 0) is 12.2 Å². The molecule has 1 aliphatic rings. The molecule has 0 spiro atoms. The average Bonchev–Trinajstić information content (AvgIpc) is 1.94. The van der Waals surface area contributed by atoms with Gasteiger partial charge in [0.15, 0.2) is 0 Å². The van der Waals surface area contributed by atoms with E-state index in [1.807, 2.05) is 16.8 Å². The van der Waals surface area contributed by atoms with Gasteiger partial charge in [0.1, 0.15) is 0 Å². The van der Waals surface area contributed by atoms with Gasteiger partial charge in [-0.25, -0.2) is 5.01 Å². The van der Waals surface area contributed by atoms with Gasteiger partial charge in [0.2, 0.25) is 0 Å². The van der Waals surface area contributed by atoms with Crippen LogP contribution in [0.2, 0.25) is 0 Å². The second-order valence-electron chi connectivity index (χ2n) is 2.00. The highest BCUT2D eigenvalue weighted by atomic mass is 32.2. The van der Waals surface area contributed by atoms with Gasteiger partial charge in [0, 0.05) is 18.8 Å². The summed E-state index contributed by atoms with van der Waals surface area (Å²) in [6, 6.07) is 0. The predicted molar refractivity (Wildman–Crippen MR) is 37.7 cm³/mol. The molecule has 0 aliphatic carbocycles. The molecule has 0 aromatic heterocycles. The molecule has 8 heavy (non-hydrogen) atoms. The first-order valence-corrected chi connectivity index (χ1v) is 4.12.